The summed E-state index contributed by atoms with van der Waals surface area (Å²) in [5.41, 5.74) is -0.353. The van der Waals surface area contributed by atoms with Gasteiger partial charge in [0.05, 0.1) is 12.1 Å². The van der Waals surface area contributed by atoms with E-state index in [0.717, 1.165) is 17.8 Å². The Morgan fingerprint density at radius 1 is 1.11 bits per heavy atom. The Morgan fingerprint density at radius 2 is 1.79 bits per heavy atom. The van der Waals surface area contributed by atoms with Gasteiger partial charge in [0.25, 0.3) is 0 Å². The van der Waals surface area contributed by atoms with Crippen molar-refractivity contribution < 1.29 is 22.4 Å². The number of hydrogen-bond donors (Lipinski definition) is 1. The Hall–Kier alpha value is -2.48. The van der Waals surface area contributed by atoms with E-state index >= 15 is 0 Å². The van der Waals surface area contributed by atoms with Crippen molar-refractivity contribution in [2.24, 2.45) is 0 Å². The van der Waals surface area contributed by atoms with E-state index in [4.69, 9.17) is 0 Å². The average molecular weight is 395 g/mol. The van der Waals surface area contributed by atoms with Crippen LogP contribution in [0.5, 0.6) is 0 Å². The highest BCUT2D eigenvalue weighted by atomic mass is 19.4. The van der Waals surface area contributed by atoms with Crippen molar-refractivity contribution in [2.45, 2.75) is 24.4 Å². The third kappa shape index (κ3) is 4.67. The number of carbonyl (C=O) groups is 1. The second-order valence-corrected chi connectivity index (χ2v) is 7.03. The fourth-order valence-electron chi connectivity index (χ4n) is 3.42. The minimum atomic E-state index is -4.41. The van der Waals surface area contributed by atoms with Gasteiger partial charge in [0.2, 0.25) is 5.91 Å². The standard InChI is InChI=1S/C20H21F4N3O/c21-14-19(17-3-1-2-10-25-17)8-11-27(12-9-19)13-18(28)26-16-6-4-15(5-7-16)20(22,23)24/h1-7,10H,8-9,11-14H2,(H,26,28). The molecule has 2 aromatic rings. The third-order valence-corrected chi connectivity index (χ3v) is 5.14. The molecule has 150 valence electrons. The molecule has 8 heteroatoms. The summed E-state index contributed by atoms with van der Waals surface area (Å²) in [6.45, 7) is 0.684. The normalized spacial score (nSPS) is 17.3. The van der Waals surface area contributed by atoms with Crippen LogP contribution in [0.3, 0.4) is 0 Å². The fraction of sp³-hybridized carbons (Fsp3) is 0.400. The monoisotopic (exact) mass is 395 g/mol. The first kappa shape index (κ1) is 20.3. The van der Waals surface area contributed by atoms with Crippen molar-refractivity contribution >= 4 is 11.6 Å². The Balaban J connectivity index is 1.54. The highest BCUT2D eigenvalue weighted by Crippen LogP contribution is 2.35. The molecule has 28 heavy (non-hydrogen) atoms. The first-order valence-corrected chi connectivity index (χ1v) is 8.99. The van der Waals surface area contributed by atoms with Crippen molar-refractivity contribution in [2.75, 3.05) is 31.6 Å². The predicted octanol–water partition coefficient (Wildman–Crippen LogP) is 4.04. The summed E-state index contributed by atoms with van der Waals surface area (Å²) in [7, 11) is 0. The topological polar surface area (TPSA) is 45.2 Å². The molecule has 0 saturated carbocycles. The van der Waals surface area contributed by atoms with Gasteiger partial charge in [-0.1, -0.05) is 6.07 Å². The van der Waals surface area contributed by atoms with Crippen molar-refractivity contribution in [3.8, 4) is 0 Å². The molecule has 1 saturated heterocycles. The van der Waals surface area contributed by atoms with E-state index in [0.29, 0.717) is 31.6 Å². The number of benzene rings is 1. The zero-order valence-corrected chi connectivity index (χ0v) is 15.2. The van der Waals surface area contributed by atoms with Crippen molar-refractivity contribution in [1.82, 2.24) is 9.88 Å². The number of nitrogens with one attached hydrogen (secondary N) is 1. The Bertz CT molecular complexity index is 785. The van der Waals surface area contributed by atoms with Gasteiger partial charge in [-0.25, -0.2) is 0 Å². The molecule has 0 unspecified atom stereocenters. The molecule has 0 aliphatic carbocycles. The second-order valence-electron chi connectivity index (χ2n) is 7.03. The number of rotatable bonds is 5. The maximum absolute atomic E-state index is 13.8. The molecule has 0 radical (unpaired) electrons. The molecule has 1 aliphatic heterocycles. The largest absolute Gasteiger partial charge is 0.416 e. The van der Waals surface area contributed by atoms with Gasteiger partial charge in [-0.3, -0.25) is 19.1 Å². The van der Waals surface area contributed by atoms with Crippen LogP contribution in [0.2, 0.25) is 0 Å². The van der Waals surface area contributed by atoms with Crippen LogP contribution in [-0.4, -0.2) is 42.1 Å². The van der Waals surface area contributed by atoms with Crippen LogP contribution in [0.4, 0.5) is 23.2 Å². The molecule has 1 amide bonds. The molecule has 0 spiro atoms. The minimum Gasteiger partial charge on any atom is -0.325 e. The molecule has 3 rings (SSSR count). The number of likely N-dealkylation sites (tertiary alicyclic amines) is 1. The molecule has 1 fully saturated rings. The molecule has 0 atom stereocenters. The van der Waals surface area contributed by atoms with E-state index in [1.54, 1.807) is 12.3 Å². The molecule has 4 nitrogen and oxygen atoms in total. The van der Waals surface area contributed by atoms with Gasteiger partial charge in [-0.2, -0.15) is 13.2 Å². The molecule has 2 heterocycles. The van der Waals surface area contributed by atoms with E-state index in [1.807, 2.05) is 17.0 Å². The van der Waals surface area contributed by atoms with Gasteiger partial charge in [0, 0.05) is 23.0 Å². The number of pyridine rings is 1. The van der Waals surface area contributed by atoms with Crippen LogP contribution in [0, 0.1) is 0 Å². The fourth-order valence-corrected chi connectivity index (χ4v) is 3.42. The number of hydrogen-bond acceptors (Lipinski definition) is 3. The van der Waals surface area contributed by atoms with Crippen LogP contribution in [0.1, 0.15) is 24.1 Å². The maximum Gasteiger partial charge on any atom is 0.416 e. The molecular weight excluding hydrogens is 374 g/mol. The number of alkyl halides is 4. The summed E-state index contributed by atoms with van der Waals surface area (Å²) in [6.07, 6.45) is -1.66. The first-order valence-electron chi connectivity index (χ1n) is 8.99. The van der Waals surface area contributed by atoms with Crippen molar-refractivity contribution in [3.63, 3.8) is 0 Å². The van der Waals surface area contributed by atoms with E-state index in [9.17, 15) is 22.4 Å². The summed E-state index contributed by atoms with van der Waals surface area (Å²) in [5.74, 6) is -0.314. The average Bonchev–Trinajstić information content (AvgIpc) is 2.69. The number of nitrogens with zero attached hydrogens (tertiary/aromatic N) is 2. The highest BCUT2D eigenvalue weighted by Gasteiger charge is 2.38. The van der Waals surface area contributed by atoms with Gasteiger partial charge in [0.15, 0.2) is 0 Å². The number of halogens is 4. The van der Waals surface area contributed by atoms with Crippen LogP contribution in [0.15, 0.2) is 48.7 Å². The van der Waals surface area contributed by atoms with Crippen molar-refractivity contribution in [3.05, 3.63) is 59.9 Å². The van der Waals surface area contributed by atoms with Gasteiger partial charge in [-0.15, -0.1) is 0 Å². The summed E-state index contributed by atoms with van der Waals surface area (Å²) < 4.78 is 51.5. The molecule has 0 bridgehead atoms. The lowest BCUT2D eigenvalue weighted by Crippen LogP contribution is -2.46. The lowest BCUT2D eigenvalue weighted by atomic mass is 9.76. The summed E-state index contributed by atoms with van der Waals surface area (Å²) in [4.78, 5) is 18.4. The van der Waals surface area contributed by atoms with Crippen molar-refractivity contribution in [1.29, 1.82) is 0 Å². The minimum absolute atomic E-state index is 0.103. The van der Waals surface area contributed by atoms with E-state index in [2.05, 4.69) is 10.3 Å². The third-order valence-electron chi connectivity index (χ3n) is 5.14. The number of piperidine rings is 1. The summed E-state index contributed by atoms with van der Waals surface area (Å²) in [5, 5.41) is 2.60. The molecular formula is C20H21F4N3O. The number of amides is 1. The Labute approximate surface area is 160 Å². The zero-order valence-electron chi connectivity index (χ0n) is 15.2. The lowest BCUT2D eigenvalue weighted by Gasteiger charge is -2.39. The first-order chi connectivity index (χ1) is 13.3. The second kappa shape index (κ2) is 8.26. The molecule has 1 aromatic carbocycles. The summed E-state index contributed by atoms with van der Waals surface area (Å²) in [6, 6.07) is 9.77. The molecule has 1 aliphatic rings. The quantitative estimate of drug-likeness (QED) is 0.778. The lowest BCUT2D eigenvalue weighted by molar-refractivity contribution is -0.137. The van der Waals surface area contributed by atoms with Crippen LogP contribution in [-0.2, 0) is 16.4 Å². The maximum atomic E-state index is 13.8. The van der Waals surface area contributed by atoms with Gasteiger partial charge in [0.1, 0.15) is 6.67 Å². The van der Waals surface area contributed by atoms with E-state index in [-0.39, 0.29) is 12.5 Å². The van der Waals surface area contributed by atoms with E-state index in [1.165, 1.54) is 12.1 Å². The Kier molecular flexibility index (Phi) is 5.98. The van der Waals surface area contributed by atoms with Gasteiger partial charge >= 0.3 is 6.18 Å². The van der Waals surface area contributed by atoms with Crippen LogP contribution in [0.25, 0.3) is 0 Å². The van der Waals surface area contributed by atoms with Gasteiger partial charge in [-0.05, 0) is 62.3 Å². The number of aromatic nitrogens is 1. The van der Waals surface area contributed by atoms with Crippen LogP contribution < -0.4 is 5.32 Å². The Morgan fingerprint density at radius 3 is 2.32 bits per heavy atom. The highest BCUT2D eigenvalue weighted by molar-refractivity contribution is 5.92. The number of carbonyl (C=O) groups excluding carboxylic acids is 1. The smallest absolute Gasteiger partial charge is 0.325 e. The van der Waals surface area contributed by atoms with Crippen LogP contribution >= 0.6 is 0 Å². The molecule has 1 aromatic heterocycles. The predicted molar refractivity (Wildman–Crippen MR) is 97.6 cm³/mol. The molecule has 1 N–H and O–H groups in total. The number of anilines is 1. The summed E-state index contributed by atoms with van der Waals surface area (Å²) >= 11 is 0. The zero-order chi connectivity index (χ0) is 20.2. The van der Waals surface area contributed by atoms with E-state index < -0.39 is 23.8 Å². The SMILES string of the molecule is O=C(CN1CCC(CF)(c2ccccn2)CC1)Nc1ccc(C(F)(F)F)cc1. The van der Waals surface area contributed by atoms with Gasteiger partial charge < -0.3 is 5.32 Å².